The number of anilines is 1. The first-order valence-corrected chi connectivity index (χ1v) is 9.61. The van der Waals surface area contributed by atoms with Crippen molar-refractivity contribution in [3.05, 3.63) is 49.8 Å². The third-order valence-corrected chi connectivity index (χ3v) is 5.36. The zero-order valence-electron chi connectivity index (χ0n) is 14.7. The van der Waals surface area contributed by atoms with E-state index in [4.69, 9.17) is 32.7 Å². The average Bonchev–Trinajstić information content (AvgIpc) is 2.91. The molecule has 0 fully saturated rings. The third-order valence-electron chi connectivity index (χ3n) is 3.54. The SMILES string of the molecule is CCOC(=O)c1sc(NCc2ccc(Cl)cc2Cl)c(C(=O)OCC)c1C. The van der Waals surface area contributed by atoms with Gasteiger partial charge in [-0.2, -0.15) is 0 Å². The Kier molecular flexibility index (Phi) is 7.32. The number of ether oxygens (including phenoxy) is 2. The van der Waals surface area contributed by atoms with E-state index in [-0.39, 0.29) is 13.2 Å². The van der Waals surface area contributed by atoms with Crippen LogP contribution < -0.4 is 5.32 Å². The highest BCUT2D eigenvalue weighted by Crippen LogP contribution is 2.35. The molecule has 1 N–H and O–H groups in total. The summed E-state index contributed by atoms with van der Waals surface area (Å²) in [5.41, 5.74) is 1.69. The molecule has 0 atom stereocenters. The maximum atomic E-state index is 12.4. The monoisotopic (exact) mass is 415 g/mol. The van der Waals surface area contributed by atoms with Gasteiger partial charge in [0.1, 0.15) is 9.88 Å². The zero-order valence-corrected chi connectivity index (χ0v) is 17.0. The molecule has 2 rings (SSSR count). The maximum absolute atomic E-state index is 12.4. The van der Waals surface area contributed by atoms with Crippen LogP contribution in [-0.4, -0.2) is 25.2 Å². The highest BCUT2D eigenvalue weighted by atomic mass is 35.5. The minimum atomic E-state index is -0.485. The van der Waals surface area contributed by atoms with Crippen molar-refractivity contribution in [3.8, 4) is 0 Å². The number of hydrogen-bond donors (Lipinski definition) is 1. The number of rotatable bonds is 7. The van der Waals surface area contributed by atoms with Gasteiger partial charge in [-0.15, -0.1) is 11.3 Å². The molecule has 26 heavy (non-hydrogen) atoms. The summed E-state index contributed by atoms with van der Waals surface area (Å²) in [5.74, 6) is -0.945. The van der Waals surface area contributed by atoms with Crippen molar-refractivity contribution < 1.29 is 19.1 Å². The van der Waals surface area contributed by atoms with E-state index in [2.05, 4.69) is 5.32 Å². The number of esters is 2. The van der Waals surface area contributed by atoms with Gasteiger partial charge in [0.15, 0.2) is 0 Å². The number of hydrogen-bond acceptors (Lipinski definition) is 6. The average molecular weight is 416 g/mol. The molecule has 5 nitrogen and oxygen atoms in total. The Morgan fingerprint density at radius 2 is 1.77 bits per heavy atom. The molecule has 0 bridgehead atoms. The smallest absolute Gasteiger partial charge is 0.348 e. The van der Waals surface area contributed by atoms with Gasteiger partial charge in [0.2, 0.25) is 0 Å². The summed E-state index contributed by atoms with van der Waals surface area (Å²) in [5, 5.41) is 4.77. The minimum Gasteiger partial charge on any atom is -0.462 e. The standard InChI is InChI=1S/C18H19Cl2NO4S/c1-4-24-17(22)14-10(3)15(18(23)25-5-2)26-16(14)21-9-11-6-7-12(19)8-13(11)20/h6-8,21H,4-5,9H2,1-3H3. The van der Waals surface area contributed by atoms with Gasteiger partial charge in [-0.3, -0.25) is 0 Å². The van der Waals surface area contributed by atoms with Gasteiger partial charge in [0.05, 0.1) is 18.8 Å². The lowest BCUT2D eigenvalue weighted by atomic mass is 10.1. The first kappa shape index (κ1) is 20.6. The summed E-state index contributed by atoms with van der Waals surface area (Å²) < 4.78 is 10.2. The Bertz CT molecular complexity index is 820. The number of carbonyl (C=O) groups is 2. The molecule has 1 aromatic carbocycles. The molecule has 0 aliphatic rings. The van der Waals surface area contributed by atoms with Gasteiger partial charge < -0.3 is 14.8 Å². The predicted octanol–water partition coefficient (Wildman–Crippen LogP) is 5.33. The Balaban J connectivity index is 2.34. The largest absolute Gasteiger partial charge is 0.462 e. The Morgan fingerprint density at radius 1 is 1.12 bits per heavy atom. The highest BCUT2D eigenvalue weighted by Gasteiger charge is 2.26. The van der Waals surface area contributed by atoms with Crippen molar-refractivity contribution in [2.45, 2.75) is 27.3 Å². The Morgan fingerprint density at radius 3 is 2.38 bits per heavy atom. The molecule has 2 aromatic rings. The first-order chi connectivity index (χ1) is 12.4. The Hall–Kier alpha value is -1.76. The van der Waals surface area contributed by atoms with Crippen LogP contribution in [0.5, 0.6) is 0 Å². The number of carbonyl (C=O) groups excluding carboxylic acids is 2. The Labute approximate surface area is 166 Å². The molecule has 0 aliphatic carbocycles. The second-order valence-corrected chi connectivity index (χ2v) is 7.15. The molecule has 0 amide bonds. The van der Waals surface area contributed by atoms with E-state index >= 15 is 0 Å². The van der Waals surface area contributed by atoms with E-state index in [9.17, 15) is 9.59 Å². The molecule has 0 saturated carbocycles. The quantitative estimate of drug-likeness (QED) is 0.619. The van der Waals surface area contributed by atoms with Gasteiger partial charge in [-0.1, -0.05) is 29.3 Å². The first-order valence-electron chi connectivity index (χ1n) is 8.04. The van der Waals surface area contributed by atoms with E-state index in [1.54, 1.807) is 39.0 Å². The van der Waals surface area contributed by atoms with Crippen LogP contribution in [0.4, 0.5) is 5.00 Å². The van der Waals surface area contributed by atoms with Crippen molar-refractivity contribution in [1.82, 2.24) is 0 Å². The normalized spacial score (nSPS) is 10.5. The zero-order chi connectivity index (χ0) is 19.3. The summed E-state index contributed by atoms with van der Waals surface area (Å²) in [6.45, 7) is 6.03. The molecule has 140 valence electrons. The van der Waals surface area contributed by atoms with Gasteiger partial charge in [-0.05, 0) is 44.0 Å². The lowest BCUT2D eigenvalue weighted by Crippen LogP contribution is -2.10. The number of benzene rings is 1. The van der Waals surface area contributed by atoms with Crippen molar-refractivity contribution in [3.63, 3.8) is 0 Å². The van der Waals surface area contributed by atoms with Crippen molar-refractivity contribution in [1.29, 1.82) is 0 Å². The van der Waals surface area contributed by atoms with Crippen LogP contribution in [-0.2, 0) is 16.0 Å². The van der Waals surface area contributed by atoms with Crippen LogP contribution in [0.2, 0.25) is 10.0 Å². The molecule has 0 spiro atoms. The summed E-state index contributed by atoms with van der Waals surface area (Å²) in [7, 11) is 0. The van der Waals surface area contributed by atoms with Crippen molar-refractivity contribution >= 4 is 51.5 Å². The van der Waals surface area contributed by atoms with Crippen LogP contribution in [0.3, 0.4) is 0 Å². The maximum Gasteiger partial charge on any atom is 0.348 e. The van der Waals surface area contributed by atoms with Crippen LogP contribution in [0.1, 0.15) is 45.0 Å². The van der Waals surface area contributed by atoms with Crippen LogP contribution in [0.25, 0.3) is 0 Å². The van der Waals surface area contributed by atoms with Gasteiger partial charge in [0, 0.05) is 16.6 Å². The molecule has 0 radical (unpaired) electrons. The van der Waals surface area contributed by atoms with E-state index < -0.39 is 11.9 Å². The molecule has 1 heterocycles. The second kappa shape index (κ2) is 9.26. The molecule has 1 aromatic heterocycles. The number of halogens is 2. The summed E-state index contributed by atoms with van der Waals surface area (Å²) in [4.78, 5) is 24.9. The van der Waals surface area contributed by atoms with Crippen LogP contribution in [0.15, 0.2) is 18.2 Å². The topological polar surface area (TPSA) is 64.6 Å². The molecule has 0 saturated heterocycles. The fourth-order valence-corrected chi connectivity index (χ4v) is 3.88. The predicted molar refractivity (Wildman–Crippen MR) is 105 cm³/mol. The van der Waals surface area contributed by atoms with E-state index in [0.717, 1.165) is 16.9 Å². The molecule has 8 heteroatoms. The fourth-order valence-electron chi connectivity index (χ4n) is 2.32. The minimum absolute atomic E-state index is 0.241. The number of thiophene rings is 1. The second-order valence-electron chi connectivity index (χ2n) is 5.29. The van der Waals surface area contributed by atoms with E-state index in [1.807, 2.05) is 0 Å². The van der Waals surface area contributed by atoms with Gasteiger partial charge in [-0.25, -0.2) is 9.59 Å². The molecule has 0 aliphatic heterocycles. The van der Waals surface area contributed by atoms with Crippen LogP contribution >= 0.6 is 34.5 Å². The summed E-state index contributed by atoms with van der Waals surface area (Å²) >= 11 is 13.3. The lowest BCUT2D eigenvalue weighted by molar-refractivity contribution is 0.0527. The van der Waals surface area contributed by atoms with E-state index in [1.165, 1.54) is 0 Å². The van der Waals surface area contributed by atoms with Gasteiger partial charge >= 0.3 is 11.9 Å². The highest BCUT2D eigenvalue weighted by molar-refractivity contribution is 7.18. The van der Waals surface area contributed by atoms with Crippen molar-refractivity contribution in [2.75, 3.05) is 18.5 Å². The summed E-state index contributed by atoms with van der Waals surface area (Å²) in [6, 6.07) is 5.19. The molecular weight excluding hydrogens is 397 g/mol. The van der Waals surface area contributed by atoms with Gasteiger partial charge in [0.25, 0.3) is 0 Å². The molecule has 0 unspecified atom stereocenters. The number of nitrogens with one attached hydrogen (secondary N) is 1. The van der Waals surface area contributed by atoms with Crippen LogP contribution in [0, 0.1) is 6.92 Å². The van der Waals surface area contributed by atoms with Crippen molar-refractivity contribution in [2.24, 2.45) is 0 Å². The summed E-state index contributed by atoms with van der Waals surface area (Å²) in [6.07, 6.45) is 0. The molecular formula is C18H19Cl2NO4S. The van der Waals surface area contributed by atoms with E-state index in [0.29, 0.717) is 37.6 Å². The third kappa shape index (κ3) is 4.69. The lowest BCUT2D eigenvalue weighted by Gasteiger charge is -2.09. The fraction of sp³-hybridized carbons (Fsp3) is 0.333.